The van der Waals surface area contributed by atoms with E-state index in [1.165, 1.54) is 18.2 Å². The van der Waals surface area contributed by atoms with Crippen molar-refractivity contribution in [1.29, 1.82) is 0 Å². The smallest absolute Gasteiger partial charge is 0.270 e. The molecule has 0 bridgehead atoms. The van der Waals surface area contributed by atoms with Crippen molar-refractivity contribution in [1.82, 2.24) is 4.72 Å². The van der Waals surface area contributed by atoms with Gasteiger partial charge in [-0.2, -0.15) is 0 Å². The Labute approximate surface area is 126 Å². The first kappa shape index (κ1) is 16.1. The molecule has 0 spiro atoms. The number of sulfonamides is 1. The number of rotatable bonds is 6. The summed E-state index contributed by atoms with van der Waals surface area (Å²) in [6, 6.07) is 7.85. The van der Waals surface area contributed by atoms with Crippen LogP contribution in [0.1, 0.15) is 17.6 Å². The summed E-state index contributed by atoms with van der Waals surface area (Å²) >= 11 is 0. The van der Waals surface area contributed by atoms with E-state index in [0.29, 0.717) is 5.76 Å². The molecule has 9 heteroatoms. The molecule has 2 rings (SSSR count). The van der Waals surface area contributed by atoms with Crippen LogP contribution in [0.15, 0.2) is 45.7 Å². The second-order valence-corrected chi connectivity index (χ2v) is 6.34. The number of benzene rings is 1. The van der Waals surface area contributed by atoms with Crippen molar-refractivity contribution >= 4 is 15.7 Å². The topological polar surface area (TPSA) is 123 Å². The Balaban J connectivity index is 2.11. The molecular formula is C13H14N2O6S. The molecule has 118 valence electrons. The van der Waals surface area contributed by atoms with E-state index in [4.69, 9.17) is 4.42 Å². The summed E-state index contributed by atoms with van der Waals surface area (Å²) in [6.07, 6.45) is -1.15. The maximum Gasteiger partial charge on any atom is 0.270 e. The summed E-state index contributed by atoms with van der Waals surface area (Å²) in [5.74, 6) is 0.829. The fraction of sp³-hybridized carbons (Fsp3) is 0.231. The number of furan rings is 1. The number of nitro benzene ring substituents is 1. The summed E-state index contributed by atoms with van der Waals surface area (Å²) in [7, 11) is -3.97. The highest BCUT2D eigenvalue weighted by molar-refractivity contribution is 7.89. The maximum absolute atomic E-state index is 12.1. The molecule has 1 aromatic heterocycles. The minimum Gasteiger partial charge on any atom is -0.464 e. The van der Waals surface area contributed by atoms with Crippen LogP contribution in [0.3, 0.4) is 0 Å². The van der Waals surface area contributed by atoms with Crippen molar-refractivity contribution in [3.05, 3.63) is 58.0 Å². The predicted octanol–water partition coefficient (Wildman–Crippen LogP) is 1.51. The number of hydrogen-bond acceptors (Lipinski definition) is 6. The van der Waals surface area contributed by atoms with Crippen molar-refractivity contribution in [2.45, 2.75) is 17.9 Å². The van der Waals surface area contributed by atoms with E-state index in [0.717, 1.165) is 6.07 Å². The van der Waals surface area contributed by atoms with E-state index >= 15 is 0 Å². The van der Waals surface area contributed by atoms with E-state index in [2.05, 4.69) is 4.72 Å². The van der Waals surface area contributed by atoms with Crippen LogP contribution in [0.4, 0.5) is 5.69 Å². The molecule has 0 fully saturated rings. The highest BCUT2D eigenvalue weighted by Gasteiger charge is 2.20. The van der Waals surface area contributed by atoms with Crippen molar-refractivity contribution in [3.8, 4) is 0 Å². The van der Waals surface area contributed by atoms with Gasteiger partial charge < -0.3 is 9.52 Å². The molecular weight excluding hydrogens is 312 g/mol. The molecule has 1 heterocycles. The minimum absolute atomic E-state index is 0.235. The van der Waals surface area contributed by atoms with Crippen LogP contribution in [-0.2, 0) is 10.0 Å². The van der Waals surface area contributed by atoms with Crippen LogP contribution in [0.5, 0.6) is 0 Å². The molecule has 1 unspecified atom stereocenters. The highest BCUT2D eigenvalue weighted by atomic mass is 32.2. The Morgan fingerprint density at radius 3 is 2.68 bits per heavy atom. The van der Waals surface area contributed by atoms with Gasteiger partial charge in [0.25, 0.3) is 5.69 Å². The zero-order valence-corrected chi connectivity index (χ0v) is 12.4. The normalized spacial score (nSPS) is 13.0. The second kappa shape index (κ2) is 6.26. The van der Waals surface area contributed by atoms with Crippen LogP contribution in [0.25, 0.3) is 0 Å². The number of hydrogen-bond donors (Lipinski definition) is 2. The summed E-state index contributed by atoms with van der Waals surface area (Å²) in [4.78, 5) is 9.74. The van der Waals surface area contributed by atoms with E-state index in [9.17, 15) is 23.6 Å². The van der Waals surface area contributed by atoms with Crippen LogP contribution in [-0.4, -0.2) is 25.0 Å². The minimum atomic E-state index is -3.97. The van der Waals surface area contributed by atoms with Gasteiger partial charge in [-0.3, -0.25) is 10.1 Å². The molecule has 0 aliphatic carbocycles. The second-order valence-electron chi connectivity index (χ2n) is 4.57. The lowest BCUT2D eigenvalue weighted by molar-refractivity contribution is -0.385. The van der Waals surface area contributed by atoms with Crippen LogP contribution < -0.4 is 4.72 Å². The van der Waals surface area contributed by atoms with Gasteiger partial charge in [0.2, 0.25) is 10.0 Å². The first-order valence-electron chi connectivity index (χ1n) is 6.28. The number of nitrogens with zero attached hydrogens (tertiary/aromatic N) is 1. The monoisotopic (exact) mass is 326 g/mol. The molecule has 8 nitrogen and oxygen atoms in total. The SMILES string of the molecule is Cc1ccc(C(O)CNS(=O)(=O)c2cccc([N+](=O)[O-])c2)o1. The van der Waals surface area contributed by atoms with Crippen molar-refractivity contribution in [3.63, 3.8) is 0 Å². The Hall–Kier alpha value is -2.23. The lowest BCUT2D eigenvalue weighted by atomic mass is 10.3. The first-order valence-corrected chi connectivity index (χ1v) is 7.76. The van der Waals surface area contributed by atoms with Gasteiger partial charge in [-0.15, -0.1) is 0 Å². The van der Waals surface area contributed by atoms with E-state index in [1.54, 1.807) is 19.1 Å². The zero-order valence-electron chi connectivity index (χ0n) is 11.6. The number of non-ortho nitro benzene ring substituents is 1. The van der Waals surface area contributed by atoms with Gasteiger partial charge >= 0.3 is 0 Å². The number of nitro groups is 1. The quantitative estimate of drug-likeness (QED) is 0.612. The maximum atomic E-state index is 12.1. The molecule has 1 aromatic carbocycles. The van der Waals surface area contributed by atoms with Gasteiger partial charge in [0.15, 0.2) is 0 Å². The summed E-state index contributed by atoms with van der Waals surface area (Å²) in [5.41, 5.74) is -0.329. The van der Waals surface area contributed by atoms with Crippen molar-refractivity contribution in [2.75, 3.05) is 6.54 Å². The Kier molecular flexibility index (Phi) is 4.59. The molecule has 2 N–H and O–H groups in total. The van der Waals surface area contributed by atoms with Crippen LogP contribution in [0.2, 0.25) is 0 Å². The third-order valence-electron chi connectivity index (χ3n) is 2.90. The summed E-state index contributed by atoms with van der Waals surface area (Å²) in [5, 5.41) is 20.5. The van der Waals surface area contributed by atoms with Crippen LogP contribution in [0, 0.1) is 17.0 Å². The summed E-state index contributed by atoms with van der Waals surface area (Å²) < 4.78 is 31.5. The Bertz CT molecular complexity index is 783. The third-order valence-corrected chi connectivity index (χ3v) is 4.32. The van der Waals surface area contributed by atoms with E-state index < -0.39 is 21.1 Å². The molecule has 0 saturated heterocycles. The third kappa shape index (κ3) is 3.70. The number of aryl methyl sites for hydroxylation is 1. The lowest BCUT2D eigenvalue weighted by Gasteiger charge is -2.10. The number of aliphatic hydroxyl groups excluding tert-OH is 1. The van der Waals surface area contributed by atoms with E-state index in [1.807, 2.05) is 0 Å². The molecule has 0 radical (unpaired) electrons. The summed E-state index contributed by atoms with van der Waals surface area (Å²) in [6.45, 7) is 1.39. The lowest BCUT2D eigenvalue weighted by Crippen LogP contribution is -2.28. The highest BCUT2D eigenvalue weighted by Crippen LogP contribution is 2.19. The van der Waals surface area contributed by atoms with Gasteiger partial charge in [-0.05, 0) is 25.1 Å². The van der Waals surface area contributed by atoms with Crippen molar-refractivity contribution < 1.29 is 22.9 Å². The average Bonchev–Trinajstić information content (AvgIpc) is 2.91. The fourth-order valence-corrected chi connectivity index (χ4v) is 2.85. The molecule has 1 atom stereocenters. The largest absolute Gasteiger partial charge is 0.464 e. The molecule has 0 saturated carbocycles. The van der Waals surface area contributed by atoms with Gasteiger partial charge in [0, 0.05) is 18.7 Å². The molecule has 2 aromatic rings. The fourth-order valence-electron chi connectivity index (χ4n) is 1.77. The average molecular weight is 326 g/mol. The van der Waals surface area contributed by atoms with Crippen molar-refractivity contribution in [2.24, 2.45) is 0 Å². The number of aliphatic hydroxyl groups is 1. The first-order chi connectivity index (χ1) is 10.3. The Morgan fingerprint density at radius 1 is 1.36 bits per heavy atom. The zero-order chi connectivity index (χ0) is 16.3. The molecule has 0 aliphatic rings. The predicted molar refractivity (Wildman–Crippen MR) is 76.7 cm³/mol. The van der Waals surface area contributed by atoms with Gasteiger partial charge in [0.05, 0.1) is 9.82 Å². The van der Waals surface area contributed by atoms with Gasteiger partial charge in [0.1, 0.15) is 17.6 Å². The molecule has 0 aliphatic heterocycles. The standard InChI is InChI=1S/C13H14N2O6S/c1-9-5-6-13(21-9)12(16)8-14-22(19,20)11-4-2-3-10(7-11)15(17)18/h2-7,12,14,16H,8H2,1H3. The van der Waals surface area contributed by atoms with Gasteiger partial charge in [-0.1, -0.05) is 6.07 Å². The number of nitrogens with one attached hydrogen (secondary N) is 1. The Morgan fingerprint density at radius 2 is 2.09 bits per heavy atom. The molecule has 22 heavy (non-hydrogen) atoms. The molecule has 0 amide bonds. The van der Waals surface area contributed by atoms with Crippen LogP contribution >= 0.6 is 0 Å². The van der Waals surface area contributed by atoms with Gasteiger partial charge in [-0.25, -0.2) is 13.1 Å². The van der Waals surface area contributed by atoms with E-state index in [-0.39, 0.29) is 22.9 Å².